The van der Waals surface area contributed by atoms with Crippen molar-refractivity contribution in [1.29, 1.82) is 0 Å². The molecule has 5 rings (SSSR count). The molecule has 216 valence electrons. The highest BCUT2D eigenvalue weighted by Crippen LogP contribution is 2.35. The van der Waals surface area contributed by atoms with Crippen LogP contribution in [0.4, 0.5) is 35.5 Å². The van der Waals surface area contributed by atoms with E-state index in [0.29, 0.717) is 57.5 Å². The fraction of sp³-hybridized carbons (Fsp3) is 0.556. The predicted octanol–water partition coefficient (Wildman–Crippen LogP) is 4.74. The van der Waals surface area contributed by atoms with Crippen LogP contribution in [-0.2, 0) is 10.7 Å². The molecule has 0 bridgehead atoms. The first kappa shape index (κ1) is 27.8. The molecule has 3 aliphatic rings. The van der Waals surface area contributed by atoms with Crippen LogP contribution >= 0.6 is 0 Å². The molecule has 1 unspecified atom stereocenters. The number of aromatic nitrogens is 2. The summed E-state index contributed by atoms with van der Waals surface area (Å²) in [7, 11) is 0. The number of nitrogens with zero attached hydrogens (tertiary/aromatic N) is 5. The molecule has 3 fully saturated rings. The first-order valence-corrected chi connectivity index (χ1v) is 13.6. The summed E-state index contributed by atoms with van der Waals surface area (Å²) in [5.74, 6) is -4.60. The van der Waals surface area contributed by atoms with Crippen molar-refractivity contribution in [2.24, 2.45) is 0 Å². The third kappa shape index (κ3) is 6.18. The van der Waals surface area contributed by atoms with Gasteiger partial charge in [0.05, 0.1) is 18.4 Å². The lowest BCUT2D eigenvalue weighted by atomic mass is 10.1. The highest BCUT2D eigenvalue weighted by molar-refractivity contribution is 6.03. The average molecular weight is 563 g/mol. The van der Waals surface area contributed by atoms with Crippen LogP contribution in [0.2, 0.25) is 0 Å². The van der Waals surface area contributed by atoms with Crippen molar-refractivity contribution < 1.29 is 31.9 Å². The van der Waals surface area contributed by atoms with Crippen LogP contribution in [0.5, 0.6) is 0 Å². The molecule has 1 aliphatic carbocycles. The van der Waals surface area contributed by atoms with E-state index in [1.807, 2.05) is 4.90 Å². The molecular weight excluding hydrogens is 529 g/mol. The first-order chi connectivity index (χ1) is 19.2. The number of hydrogen-bond acceptors (Lipinski definition) is 8. The standard InChI is InChI=1S/C27H33F3N6O4/c1-2-27(29,30)23-22(40-25(33-23)36-11-5-6-18(28)17-36)24(37)32-19-9-10-21(31-16-19)34-12-14-35(15-13-34)26(38)39-20-7-3-4-8-20/h2,9-10,16,18,20H,1,3-8,11-15,17H2,(H,32,37). The predicted molar refractivity (Wildman–Crippen MR) is 142 cm³/mol. The highest BCUT2D eigenvalue weighted by Gasteiger charge is 2.39. The third-order valence-corrected chi connectivity index (χ3v) is 7.47. The number of pyridine rings is 1. The second kappa shape index (κ2) is 11.8. The zero-order valence-electron chi connectivity index (χ0n) is 22.2. The average Bonchev–Trinajstić information content (AvgIpc) is 3.65. The number of rotatable bonds is 7. The van der Waals surface area contributed by atoms with Crippen molar-refractivity contribution in [3.8, 4) is 0 Å². The van der Waals surface area contributed by atoms with Crippen LogP contribution in [-0.4, -0.2) is 78.4 Å². The minimum absolute atomic E-state index is 0.0184. The van der Waals surface area contributed by atoms with Gasteiger partial charge in [0.1, 0.15) is 18.1 Å². The normalized spacial score (nSPS) is 20.5. The fourth-order valence-corrected chi connectivity index (χ4v) is 5.20. The van der Waals surface area contributed by atoms with E-state index in [0.717, 1.165) is 25.7 Å². The molecule has 0 spiro atoms. The van der Waals surface area contributed by atoms with Crippen molar-refractivity contribution in [3.63, 3.8) is 0 Å². The van der Waals surface area contributed by atoms with Crippen molar-refractivity contribution in [2.45, 2.75) is 56.7 Å². The quantitative estimate of drug-likeness (QED) is 0.483. The molecule has 4 heterocycles. The Labute approximate surface area is 230 Å². The van der Waals surface area contributed by atoms with Gasteiger partial charge in [0.25, 0.3) is 11.9 Å². The lowest BCUT2D eigenvalue weighted by Gasteiger charge is -2.35. The summed E-state index contributed by atoms with van der Waals surface area (Å²) >= 11 is 0. The van der Waals surface area contributed by atoms with Gasteiger partial charge in [-0.3, -0.25) is 4.79 Å². The van der Waals surface area contributed by atoms with Gasteiger partial charge in [-0.05, 0) is 56.7 Å². The maximum Gasteiger partial charge on any atom is 0.410 e. The van der Waals surface area contributed by atoms with Crippen LogP contribution < -0.4 is 15.1 Å². The van der Waals surface area contributed by atoms with Crippen molar-refractivity contribution in [2.75, 3.05) is 54.4 Å². The zero-order valence-corrected chi connectivity index (χ0v) is 22.2. The molecule has 2 saturated heterocycles. The number of alkyl halides is 3. The van der Waals surface area contributed by atoms with Crippen molar-refractivity contribution >= 4 is 29.5 Å². The Bertz CT molecular complexity index is 1210. The largest absolute Gasteiger partial charge is 0.446 e. The number of allylic oxidation sites excluding steroid dienone is 1. The number of hydrogen-bond donors (Lipinski definition) is 1. The number of piperazine rings is 1. The van der Waals surface area contributed by atoms with Gasteiger partial charge in [0.15, 0.2) is 5.69 Å². The molecule has 2 aromatic rings. The third-order valence-electron chi connectivity index (χ3n) is 7.47. The van der Waals surface area contributed by atoms with Crippen molar-refractivity contribution in [1.82, 2.24) is 14.9 Å². The Kier molecular flexibility index (Phi) is 8.17. The van der Waals surface area contributed by atoms with E-state index in [1.54, 1.807) is 17.0 Å². The van der Waals surface area contributed by atoms with E-state index in [4.69, 9.17) is 9.15 Å². The van der Waals surface area contributed by atoms with Gasteiger partial charge in [-0.2, -0.15) is 13.8 Å². The zero-order chi connectivity index (χ0) is 28.3. The number of ether oxygens (including phenoxy) is 1. The summed E-state index contributed by atoms with van der Waals surface area (Å²) in [5, 5.41) is 2.52. The number of carbonyl (C=O) groups is 2. The van der Waals surface area contributed by atoms with Gasteiger partial charge < -0.3 is 29.2 Å². The molecule has 40 heavy (non-hydrogen) atoms. The molecule has 10 nitrogen and oxygen atoms in total. The number of piperidine rings is 1. The van der Waals surface area contributed by atoms with Crippen LogP contribution in [0.1, 0.15) is 54.8 Å². The second-order valence-corrected chi connectivity index (χ2v) is 10.3. The summed E-state index contributed by atoms with van der Waals surface area (Å²) in [6.45, 7) is 5.59. The Balaban J connectivity index is 1.21. The van der Waals surface area contributed by atoms with E-state index in [9.17, 15) is 22.8 Å². The van der Waals surface area contributed by atoms with E-state index in [-0.39, 0.29) is 30.4 Å². The summed E-state index contributed by atoms with van der Waals surface area (Å²) in [6.07, 6.45) is 5.30. The SMILES string of the molecule is C=CC(F)(F)c1nc(N2CCCC(F)C2)oc1C(=O)Nc1ccc(N2CCN(C(=O)OC3CCCC3)CC2)nc1. The Morgan fingerprint density at radius 2 is 1.82 bits per heavy atom. The number of carbonyl (C=O) groups excluding carboxylic acids is 2. The van der Waals surface area contributed by atoms with Crippen LogP contribution in [0, 0.1) is 0 Å². The number of halogens is 3. The van der Waals surface area contributed by atoms with Gasteiger partial charge >= 0.3 is 12.0 Å². The second-order valence-electron chi connectivity index (χ2n) is 10.3. The number of amides is 2. The lowest BCUT2D eigenvalue weighted by molar-refractivity contribution is 0.0456. The molecule has 13 heteroatoms. The molecule has 0 aromatic carbocycles. The van der Waals surface area contributed by atoms with Crippen molar-refractivity contribution in [3.05, 3.63) is 42.4 Å². The van der Waals surface area contributed by atoms with Gasteiger partial charge in [-0.25, -0.2) is 14.2 Å². The first-order valence-electron chi connectivity index (χ1n) is 13.6. The molecule has 2 amide bonds. The minimum atomic E-state index is -3.63. The highest BCUT2D eigenvalue weighted by atomic mass is 19.3. The number of nitrogens with one attached hydrogen (secondary N) is 1. The maximum atomic E-state index is 14.6. The Morgan fingerprint density at radius 3 is 2.48 bits per heavy atom. The molecule has 2 aliphatic heterocycles. The topological polar surface area (TPSA) is 104 Å². The van der Waals surface area contributed by atoms with Gasteiger partial charge in [-0.1, -0.05) is 6.58 Å². The molecular formula is C27H33F3N6O4. The summed E-state index contributed by atoms with van der Waals surface area (Å²) in [4.78, 5) is 38.8. The summed E-state index contributed by atoms with van der Waals surface area (Å²) in [6, 6.07) is 3.06. The molecule has 0 radical (unpaired) electrons. The van der Waals surface area contributed by atoms with E-state index in [2.05, 4.69) is 21.9 Å². The summed E-state index contributed by atoms with van der Waals surface area (Å²) < 4.78 is 54.1. The maximum absolute atomic E-state index is 14.6. The smallest absolute Gasteiger partial charge is 0.410 e. The van der Waals surface area contributed by atoms with E-state index < -0.39 is 29.5 Å². The minimum Gasteiger partial charge on any atom is -0.446 e. The van der Waals surface area contributed by atoms with Gasteiger partial charge in [0, 0.05) is 32.7 Å². The Morgan fingerprint density at radius 1 is 1.07 bits per heavy atom. The van der Waals surface area contributed by atoms with Gasteiger partial charge in [-0.15, -0.1) is 0 Å². The lowest BCUT2D eigenvalue weighted by Crippen LogP contribution is -2.49. The molecule has 2 aromatic heterocycles. The van der Waals surface area contributed by atoms with E-state index >= 15 is 0 Å². The van der Waals surface area contributed by atoms with E-state index in [1.165, 1.54) is 11.1 Å². The number of anilines is 3. The molecule has 1 atom stereocenters. The van der Waals surface area contributed by atoms with Crippen LogP contribution in [0.3, 0.4) is 0 Å². The van der Waals surface area contributed by atoms with Crippen LogP contribution in [0.25, 0.3) is 0 Å². The monoisotopic (exact) mass is 562 g/mol. The fourth-order valence-electron chi connectivity index (χ4n) is 5.20. The number of oxazole rings is 1. The molecule has 1 N–H and O–H groups in total. The summed E-state index contributed by atoms with van der Waals surface area (Å²) in [5.41, 5.74) is -0.620. The van der Waals surface area contributed by atoms with Crippen LogP contribution in [0.15, 0.2) is 35.4 Å². The molecule has 1 saturated carbocycles. The van der Waals surface area contributed by atoms with Gasteiger partial charge in [0.2, 0.25) is 5.76 Å². The Hall–Kier alpha value is -3.77.